The third-order valence-electron chi connectivity index (χ3n) is 3.82. The Morgan fingerprint density at radius 3 is 2.80 bits per heavy atom. The molecule has 2 aromatic rings. The number of aromatic amines is 1. The second-order valence-electron chi connectivity index (χ2n) is 7.35. The van der Waals surface area contributed by atoms with Gasteiger partial charge in [0.05, 0.1) is 0 Å². The molecule has 1 aromatic carbocycles. The largest absolute Gasteiger partial charge is 0.491 e. The number of benzene rings is 1. The summed E-state index contributed by atoms with van der Waals surface area (Å²) in [6.45, 7) is 9.01. The number of H-pyrrole nitrogens is 1. The fourth-order valence-electron chi connectivity index (χ4n) is 2.50. The number of β-amino-alcohol motifs (C(OH)–C–C–N with tert-alkyl or cyclic N) is 1. The second kappa shape index (κ2) is 8.36. The molecule has 0 radical (unpaired) electrons. The zero-order valence-electron chi connectivity index (χ0n) is 15.5. The summed E-state index contributed by atoms with van der Waals surface area (Å²) in [7, 11) is 0. The molecule has 138 valence electrons. The maximum atomic E-state index is 11.0. The maximum absolute atomic E-state index is 11.0. The van der Waals surface area contributed by atoms with Crippen molar-refractivity contribution in [1.29, 1.82) is 0 Å². The van der Waals surface area contributed by atoms with Crippen LogP contribution in [-0.2, 0) is 11.2 Å². The van der Waals surface area contributed by atoms with Gasteiger partial charge >= 0.3 is 0 Å². The summed E-state index contributed by atoms with van der Waals surface area (Å²) in [5.41, 5.74) is 2.12. The van der Waals surface area contributed by atoms with E-state index >= 15 is 0 Å². The van der Waals surface area contributed by atoms with E-state index in [1.165, 1.54) is 6.92 Å². The number of rotatable bonds is 8. The molecule has 0 spiro atoms. The van der Waals surface area contributed by atoms with E-state index in [4.69, 9.17) is 4.74 Å². The fraction of sp³-hybridized carbons (Fsp3) is 0.526. The Hall–Kier alpha value is -2.05. The number of nitrogens with one attached hydrogen (secondary N) is 3. The van der Waals surface area contributed by atoms with Gasteiger partial charge in [-0.15, -0.1) is 0 Å². The minimum atomic E-state index is -0.569. The Kier molecular flexibility index (Phi) is 6.45. The van der Waals surface area contributed by atoms with E-state index in [-0.39, 0.29) is 18.1 Å². The molecular formula is C19H29N3O3. The van der Waals surface area contributed by atoms with Crippen molar-refractivity contribution in [2.75, 3.05) is 19.7 Å². The lowest BCUT2D eigenvalue weighted by molar-refractivity contribution is -0.118. The maximum Gasteiger partial charge on any atom is 0.216 e. The van der Waals surface area contributed by atoms with Crippen molar-refractivity contribution in [3.63, 3.8) is 0 Å². The van der Waals surface area contributed by atoms with Gasteiger partial charge in [0.2, 0.25) is 5.91 Å². The van der Waals surface area contributed by atoms with Crippen molar-refractivity contribution in [3.8, 4) is 5.75 Å². The molecule has 0 aliphatic carbocycles. The molecule has 2 rings (SSSR count). The minimum absolute atomic E-state index is 0.0262. The molecular weight excluding hydrogens is 318 g/mol. The number of fused-ring (bicyclic) bond motifs is 1. The van der Waals surface area contributed by atoms with E-state index in [1.54, 1.807) is 0 Å². The van der Waals surface area contributed by atoms with Crippen LogP contribution in [0.4, 0.5) is 0 Å². The van der Waals surface area contributed by atoms with Crippen molar-refractivity contribution in [2.45, 2.75) is 45.8 Å². The summed E-state index contributed by atoms with van der Waals surface area (Å²) in [4.78, 5) is 14.2. The first-order valence-corrected chi connectivity index (χ1v) is 8.65. The standard InChI is InChI=1S/C19H29N3O3/c1-13(23)20-8-7-14-10-21-18-6-5-16(9-17(14)18)25-12-15(24)11-22-19(2,3)4/h5-6,9-10,15,21-22,24H,7-8,11-12H2,1-4H3,(H,20,23)/t15-/m0/s1. The lowest BCUT2D eigenvalue weighted by Gasteiger charge is -2.23. The summed E-state index contributed by atoms with van der Waals surface area (Å²) < 4.78 is 5.73. The van der Waals surface area contributed by atoms with Gasteiger partial charge in [-0.2, -0.15) is 0 Å². The number of carbonyl (C=O) groups excluding carboxylic acids is 1. The lowest BCUT2D eigenvalue weighted by Crippen LogP contribution is -2.42. The Morgan fingerprint density at radius 1 is 1.36 bits per heavy atom. The number of aliphatic hydroxyl groups excluding tert-OH is 1. The van der Waals surface area contributed by atoms with Gasteiger partial charge in [-0.1, -0.05) is 0 Å². The number of hydrogen-bond donors (Lipinski definition) is 4. The first-order chi connectivity index (χ1) is 11.7. The van der Waals surface area contributed by atoms with Gasteiger partial charge in [-0.05, 0) is 51.0 Å². The van der Waals surface area contributed by atoms with Crippen molar-refractivity contribution in [2.24, 2.45) is 0 Å². The van der Waals surface area contributed by atoms with Gasteiger partial charge in [-0.3, -0.25) is 4.79 Å². The van der Waals surface area contributed by atoms with Crippen LogP contribution in [0.15, 0.2) is 24.4 Å². The molecule has 0 bridgehead atoms. The molecule has 6 heteroatoms. The molecule has 0 unspecified atom stereocenters. The van der Waals surface area contributed by atoms with Gasteiger partial charge in [-0.25, -0.2) is 0 Å². The summed E-state index contributed by atoms with van der Waals surface area (Å²) in [5, 5.41) is 17.2. The van der Waals surface area contributed by atoms with Gasteiger partial charge in [0.1, 0.15) is 18.5 Å². The molecule has 1 aromatic heterocycles. The average Bonchev–Trinajstić information content (AvgIpc) is 2.92. The van der Waals surface area contributed by atoms with E-state index in [9.17, 15) is 9.90 Å². The Bertz CT molecular complexity index is 703. The highest BCUT2D eigenvalue weighted by Crippen LogP contribution is 2.24. The molecule has 0 aliphatic rings. The van der Waals surface area contributed by atoms with Crippen molar-refractivity contribution in [3.05, 3.63) is 30.0 Å². The predicted molar refractivity (Wildman–Crippen MR) is 99.9 cm³/mol. The van der Waals surface area contributed by atoms with Crippen LogP contribution in [0.5, 0.6) is 5.75 Å². The molecule has 1 amide bonds. The van der Waals surface area contributed by atoms with Crippen molar-refractivity contribution < 1.29 is 14.6 Å². The van der Waals surface area contributed by atoms with Crippen LogP contribution in [0.25, 0.3) is 10.9 Å². The highest BCUT2D eigenvalue weighted by Gasteiger charge is 2.13. The van der Waals surface area contributed by atoms with Gasteiger partial charge in [0, 0.05) is 42.7 Å². The molecule has 4 N–H and O–H groups in total. The van der Waals surface area contributed by atoms with Gasteiger partial charge in [0.25, 0.3) is 0 Å². The van der Waals surface area contributed by atoms with Gasteiger partial charge < -0.3 is 25.5 Å². The smallest absolute Gasteiger partial charge is 0.216 e. The number of aliphatic hydroxyl groups is 1. The normalized spacial score (nSPS) is 13.0. The zero-order valence-corrected chi connectivity index (χ0v) is 15.5. The molecule has 1 heterocycles. The molecule has 1 atom stereocenters. The van der Waals surface area contributed by atoms with Crippen LogP contribution in [0, 0.1) is 0 Å². The molecule has 0 aliphatic heterocycles. The minimum Gasteiger partial charge on any atom is -0.491 e. The monoisotopic (exact) mass is 347 g/mol. The topological polar surface area (TPSA) is 86.4 Å². The molecule has 0 saturated heterocycles. The highest BCUT2D eigenvalue weighted by molar-refractivity contribution is 5.84. The summed E-state index contributed by atoms with van der Waals surface area (Å²) in [5.74, 6) is 0.699. The fourth-order valence-corrected chi connectivity index (χ4v) is 2.50. The van der Waals surface area contributed by atoms with Gasteiger partial charge in [0.15, 0.2) is 0 Å². The van der Waals surface area contributed by atoms with Crippen LogP contribution in [0.1, 0.15) is 33.3 Å². The SMILES string of the molecule is CC(=O)NCCc1c[nH]c2ccc(OC[C@@H](O)CNC(C)(C)C)cc12. The van der Waals surface area contributed by atoms with Crippen LogP contribution >= 0.6 is 0 Å². The van der Waals surface area contributed by atoms with Crippen LogP contribution in [-0.4, -0.2) is 47.3 Å². The quantitative estimate of drug-likeness (QED) is 0.588. The molecule has 25 heavy (non-hydrogen) atoms. The zero-order chi connectivity index (χ0) is 18.4. The van der Waals surface area contributed by atoms with Crippen LogP contribution in [0.3, 0.4) is 0 Å². The predicted octanol–water partition coefficient (Wildman–Crippen LogP) is 1.97. The Balaban J connectivity index is 1.94. The average molecular weight is 347 g/mol. The number of aromatic nitrogens is 1. The Labute approximate surface area is 149 Å². The third-order valence-corrected chi connectivity index (χ3v) is 3.82. The molecule has 6 nitrogen and oxygen atoms in total. The number of carbonyl (C=O) groups is 1. The molecule has 0 saturated carbocycles. The Morgan fingerprint density at radius 2 is 2.12 bits per heavy atom. The van der Waals surface area contributed by atoms with E-state index < -0.39 is 6.10 Å². The van der Waals surface area contributed by atoms with E-state index in [1.807, 2.05) is 24.4 Å². The number of hydrogen-bond acceptors (Lipinski definition) is 4. The third kappa shape index (κ3) is 6.40. The number of ether oxygens (including phenoxy) is 1. The summed E-state index contributed by atoms with van der Waals surface area (Å²) >= 11 is 0. The highest BCUT2D eigenvalue weighted by atomic mass is 16.5. The van der Waals surface area contributed by atoms with E-state index in [0.717, 1.165) is 28.6 Å². The first-order valence-electron chi connectivity index (χ1n) is 8.65. The van der Waals surface area contributed by atoms with Crippen molar-refractivity contribution in [1.82, 2.24) is 15.6 Å². The molecule has 0 fully saturated rings. The van der Waals surface area contributed by atoms with E-state index in [2.05, 4.69) is 36.4 Å². The van der Waals surface area contributed by atoms with Crippen LogP contribution in [0.2, 0.25) is 0 Å². The second-order valence-corrected chi connectivity index (χ2v) is 7.35. The summed E-state index contributed by atoms with van der Waals surface area (Å²) in [6.07, 6.45) is 2.14. The van der Waals surface area contributed by atoms with Crippen LogP contribution < -0.4 is 15.4 Å². The van der Waals surface area contributed by atoms with Crippen molar-refractivity contribution >= 4 is 16.8 Å². The van der Waals surface area contributed by atoms with E-state index in [0.29, 0.717) is 13.1 Å². The number of amides is 1. The lowest BCUT2D eigenvalue weighted by atomic mass is 10.1. The first kappa shape index (κ1) is 19.3. The summed E-state index contributed by atoms with van der Waals surface area (Å²) in [6, 6.07) is 5.82.